The highest BCUT2D eigenvalue weighted by molar-refractivity contribution is 6.16. The van der Waals surface area contributed by atoms with E-state index in [4.69, 9.17) is 16.3 Å². The number of ether oxygens (including phenoxy) is 1. The average molecular weight is 258 g/mol. The molecule has 0 amide bonds. The summed E-state index contributed by atoms with van der Waals surface area (Å²) in [7, 11) is 0. The van der Waals surface area contributed by atoms with E-state index < -0.39 is 0 Å². The SMILES string of the molecule is CCOC1(c2n[nH]c(CCl)n2)CCCCCC1. The van der Waals surface area contributed by atoms with Gasteiger partial charge in [0.2, 0.25) is 0 Å². The van der Waals surface area contributed by atoms with Crippen molar-refractivity contribution in [1.29, 1.82) is 0 Å². The third-order valence-corrected chi connectivity index (χ3v) is 3.65. The maximum atomic E-state index is 6.01. The van der Waals surface area contributed by atoms with Crippen LogP contribution in [-0.2, 0) is 16.2 Å². The summed E-state index contributed by atoms with van der Waals surface area (Å²) in [5.41, 5.74) is -0.286. The van der Waals surface area contributed by atoms with Gasteiger partial charge in [-0.1, -0.05) is 25.7 Å². The summed E-state index contributed by atoms with van der Waals surface area (Å²) in [6.07, 6.45) is 6.96. The maximum Gasteiger partial charge on any atom is 0.182 e. The topological polar surface area (TPSA) is 50.8 Å². The number of rotatable bonds is 4. The van der Waals surface area contributed by atoms with E-state index in [9.17, 15) is 0 Å². The van der Waals surface area contributed by atoms with E-state index in [0.29, 0.717) is 12.5 Å². The summed E-state index contributed by atoms with van der Waals surface area (Å²) < 4.78 is 6.01. The Labute approximate surface area is 107 Å². The molecule has 1 N–H and O–H groups in total. The minimum absolute atomic E-state index is 0.286. The van der Waals surface area contributed by atoms with E-state index in [1.807, 2.05) is 6.92 Å². The summed E-state index contributed by atoms with van der Waals surface area (Å²) in [5, 5.41) is 7.18. The van der Waals surface area contributed by atoms with Crippen LogP contribution in [0.2, 0.25) is 0 Å². The number of nitrogens with one attached hydrogen (secondary N) is 1. The summed E-state index contributed by atoms with van der Waals surface area (Å²) in [6, 6.07) is 0. The predicted octanol–water partition coefficient (Wildman–Crippen LogP) is 3.13. The molecule has 0 aromatic carbocycles. The lowest BCUT2D eigenvalue weighted by Crippen LogP contribution is -2.30. The molecule has 1 saturated carbocycles. The van der Waals surface area contributed by atoms with Crippen molar-refractivity contribution in [2.24, 2.45) is 0 Å². The minimum atomic E-state index is -0.286. The van der Waals surface area contributed by atoms with Gasteiger partial charge in [0.1, 0.15) is 11.4 Å². The third-order valence-electron chi connectivity index (χ3n) is 3.40. The standard InChI is InChI=1S/C12H20ClN3O/c1-2-17-12(7-5-3-4-6-8-12)11-14-10(9-13)15-16-11/h2-9H2,1H3,(H,14,15,16). The van der Waals surface area contributed by atoms with E-state index in [1.165, 1.54) is 25.7 Å². The number of aromatic nitrogens is 3. The van der Waals surface area contributed by atoms with Crippen molar-refractivity contribution in [3.8, 4) is 0 Å². The number of nitrogens with zero attached hydrogens (tertiary/aromatic N) is 2. The summed E-state index contributed by atoms with van der Waals surface area (Å²) in [4.78, 5) is 4.46. The Balaban J connectivity index is 2.24. The van der Waals surface area contributed by atoms with Gasteiger partial charge in [-0.25, -0.2) is 4.98 Å². The van der Waals surface area contributed by atoms with Crippen LogP contribution < -0.4 is 0 Å². The molecule has 0 bridgehead atoms. The first-order chi connectivity index (χ1) is 8.30. The first-order valence-corrected chi connectivity index (χ1v) is 6.96. The lowest BCUT2D eigenvalue weighted by Gasteiger charge is -2.29. The molecule has 0 radical (unpaired) electrons. The summed E-state index contributed by atoms with van der Waals surface area (Å²) in [5.74, 6) is 1.89. The third kappa shape index (κ3) is 2.80. The second-order valence-electron chi connectivity index (χ2n) is 4.58. The van der Waals surface area contributed by atoms with Crippen molar-refractivity contribution in [3.05, 3.63) is 11.6 Å². The van der Waals surface area contributed by atoms with E-state index >= 15 is 0 Å². The van der Waals surface area contributed by atoms with Gasteiger partial charge in [-0.15, -0.1) is 11.6 Å². The zero-order valence-corrected chi connectivity index (χ0v) is 11.1. The molecular formula is C12H20ClN3O. The van der Waals surface area contributed by atoms with Crippen LogP contribution in [0.1, 0.15) is 57.1 Å². The molecule has 1 aliphatic carbocycles. The van der Waals surface area contributed by atoms with Crippen LogP contribution in [0.3, 0.4) is 0 Å². The highest BCUT2D eigenvalue weighted by Gasteiger charge is 2.37. The summed E-state index contributed by atoms with van der Waals surface area (Å²) in [6.45, 7) is 2.73. The van der Waals surface area contributed by atoms with Gasteiger partial charge >= 0.3 is 0 Å². The first-order valence-electron chi connectivity index (χ1n) is 6.42. The minimum Gasteiger partial charge on any atom is -0.367 e. The van der Waals surface area contributed by atoms with Crippen LogP contribution in [0.4, 0.5) is 0 Å². The first kappa shape index (κ1) is 12.8. The fraction of sp³-hybridized carbons (Fsp3) is 0.833. The number of H-pyrrole nitrogens is 1. The van der Waals surface area contributed by atoms with Crippen LogP contribution in [-0.4, -0.2) is 21.8 Å². The number of halogens is 1. The van der Waals surface area contributed by atoms with Crippen molar-refractivity contribution in [1.82, 2.24) is 15.2 Å². The second kappa shape index (κ2) is 5.83. The van der Waals surface area contributed by atoms with Gasteiger partial charge in [0, 0.05) is 6.61 Å². The van der Waals surface area contributed by atoms with Crippen molar-refractivity contribution in [2.75, 3.05) is 6.61 Å². The average Bonchev–Trinajstić information content (AvgIpc) is 2.71. The largest absolute Gasteiger partial charge is 0.367 e. The summed E-state index contributed by atoms with van der Waals surface area (Å²) >= 11 is 5.76. The Morgan fingerprint density at radius 1 is 1.29 bits per heavy atom. The molecule has 1 heterocycles. The number of hydrogen-bond acceptors (Lipinski definition) is 3. The Hall–Kier alpha value is -0.610. The van der Waals surface area contributed by atoms with Gasteiger partial charge in [0.15, 0.2) is 5.82 Å². The zero-order valence-electron chi connectivity index (χ0n) is 10.3. The molecule has 4 nitrogen and oxygen atoms in total. The number of alkyl halides is 1. The number of hydrogen-bond donors (Lipinski definition) is 1. The molecule has 2 rings (SSSR count). The normalized spacial score (nSPS) is 20.1. The highest BCUT2D eigenvalue weighted by atomic mass is 35.5. The smallest absolute Gasteiger partial charge is 0.182 e. The zero-order chi connectivity index (χ0) is 12.1. The van der Waals surface area contributed by atoms with Crippen LogP contribution in [0, 0.1) is 0 Å². The molecule has 17 heavy (non-hydrogen) atoms. The van der Waals surface area contributed by atoms with Gasteiger partial charge in [0.05, 0.1) is 5.88 Å². The van der Waals surface area contributed by atoms with E-state index in [-0.39, 0.29) is 5.60 Å². The molecule has 96 valence electrons. The maximum absolute atomic E-state index is 6.01. The molecule has 1 aromatic heterocycles. The fourth-order valence-corrected chi connectivity index (χ4v) is 2.69. The van der Waals surface area contributed by atoms with Crippen molar-refractivity contribution in [2.45, 2.75) is 56.9 Å². The van der Waals surface area contributed by atoms with Gasteiger partial charge < -0.3 is 4.74 Å². The Morgan fingerprint density at radius 2 is 2.00 bits per heavy atom. The van der Waals surface area contributed by atoms with Crippen LogP contribution in [0.25, 0.3) is 0 Å². The predicted molar refractivity (Wildman–Crippen MR) is 66.9 cm³/mol. The number of aromatic amines is 1. The molecular weight excluding hydrogens is 238 g/mol. The van der Waals surface area contributed by atoms with Crippen molar-refractivity contribution >= 4 is 11.6 Å². The lowest BCUT2D eigenvalue weighted by atomic mass is 9.93. The van der Waals surface area contributed by atoms with Crippen LogP contribution in [0.15, 0.2) is 0 Å². The van der Waals surface area contributed by atoms with Gasteiger partial charge in [0.25, 0.3) is 0 Å². The van der Waals surface area contributed by atoms with Crippen LogP contribution >= 0.6 is 11.6 Å². The van der Waals surface area contributed by atoms with E-state index in [1.54, 1.807) is 0 Å². The quantitative estimate of drug-likeness (QED) is 0.666. The molecule has 1 aliphatic rings. The van der Waals surface area contributed by atoms with E-state index in [2.05, 4.69) is 15.2 Å². The van der Waals surface area contributed by atoms with E-state index in [0.717, 1.165) is 24.5 Å². The molecule has 0 unspecified atom stereocenters. The highest BCUT2D eigenvalue weighted by Crippen LogP contribution is 2.37. The Kier molecular flexibility index (Phi) is 4.40. The molecule has 0 spiro atoms. The Morgan fingerprint density at radius 3 is 2.53 bits per heavy atom. The molecule has 5 heteroatoms. The Bertz CT molecular complexity index is 345. The van der Waals surface area contributed by atoms with Gasteiger partial charge in [-0.3, -0.25) is 5.10 Å². The van der Waals surface area contributed by atoms with Crippen LogP contribution in [0.5, 0.6) is 0 Å². The molecule has 1 fully saturated rings. The lowest BCUT2D eigenvalue weighted by molar-refractivity contribution is -0.0622. The van der Waals surface area contributed by atoms with Crippen molar-refractivity contribution in [3.63, 3.8) is 0 Å². The molecule has 0 aliphatic heterocycles. The van der Waals surface area contributed by atoms with Gasteiger partial charge in [-0.2, -0.15) is 5.10 Å². The molecule has 0 saturated heterocycles. The van der Waals surface area contributed by atoms with Gasteiger partial charge in [-0.05, 0) is 19.8 Å². The monoisotopic (exact) mass is 257 g/mol. The fourth-order valence-electron chi connectivity index (χ4n) is 2.57. The van der Waals surface area contributed by atoms with Crippen molar-refractivity contribution < 1.29 is 4.74 Å². The second-order valence-corrected chi connectivity index (χ2v) is 4.85. The molecule has 0 atom stereocenters. The molecule has 1 aromatic rings.